The van der Waals surface area contributed by atoms with Crippen molar-refractivity contribution in [1.82, 2.24) is 0 Å². The highest BCUT2D eigenvalue weighted by molar-refractivity contribution is 6.04. The maximum atomic E-state index is 8.89. The fourth-order valence-electron chi connectivity index (χ4n) is 4.11. The van der Waals surface area contributed by atoms with Crippen LogP contribution in [0.15, 0.2) is 42.5 Å². The van der Waals surface area contributed by atoms with E-state index in [0.717, 1.165) is 25.7 Å². The lowest BCUT2D eigenvalue weighted by atomic mass is 9.78. The zero-order chi connectivity index (χ0) is 15.6. The molecule has 0 radical (unpaired) electrons. The van der Waals surface area contributed by atoms with Crippen LogP contribution in [0.5, 0.6) is 0 Å². The Morgan fingerprint density at radius 3 is 2.70 bits per heavy atom. The summed E-state index contributed by atoms with van der Waals surface area (Å²) in [6, 6.07) is 11.3. The maximum Gasteiger partial charge on any atom is 0.0431 e. The third-order valence-corrected chi connectivity index (χ3v) is 5.29. The second-order valence-electron chi connectivity index (χ2n) is 6.76. The van der Waals surface area contributed by atoms with Gasteiger partial charge in [-0.25, -0.2) is 0 Å². The van der Waals surface area contributed by atoms with Crippen molar-refractivity contribution < 1.29 is 5.11 Å². The molecule has 1 N–H and O–H groups in total. The van der Waals surface area contributed by atoms with E-state index in [1.54, 1.807) is 0 Å². The van der Waals surface area contributed by atoms with Crippen molar-refractivity contribution in [3.63, 3.8) is 0 Å². The van der Waals surface area contributed by atoms with E-state index < -0.39 is 0 Å². The molecule has 2 aromatic carbocycles. The van der Waals surface area contributed by atoms with Gasteiger partial charge in [0.05, 0.1) is 0 Å². The fraction of sp³-hybridized carbons (Fsp3) is 0.364. The van der Waals surface area contributed by atoms with E-state index in [-0.39, 0.29) is 0 Å². The molecule has 118 valence electrons. The van der Waals surface area contributed by atoms with Gasteiger partial charge in [0.1, 0.15) is 0 Å². The first-order valence-electron chi connectivity index (χ1n) is 8.93. The van der Waals surface area contributed by atoms with Crippen LogP contribution in [0.4, 0.5) is 0 Å². The van der Waals surface area contributed by atoms with Crippen LogP contribution in [-0.4, -0.2) is 11.7 Å². The van der Waals surface area contributed by atoms with E-state index in [9.17, 15) is 0 Å². The Labute approximate surface area is 138 Å². The quantitative estimate of drug-likeness (QED) is 0.698. The highest BCUT2D eigenvalue weighted by Gasteiger charge is 2.22. The van der Waals surface area contributed by atoms with Crippen molar-refractivity contribution >= 4 is 21.9 Å². The highest BCUT2D eigenvalue weighted by Crippen LogP contribution is 2.43. The summed E-state index contributed by atoms with van der Waals surface area (Å²) in [6.07, 6.45) is 12.7. The van der Waals surface area contributed by atoms with Crippen molar-refractivity contribution in [1.29, 1.82) is 0 Å². The molecule has 0 atom stereocenters. The lowest BCUT2D eigenvalue weighted by Gasteiger charge is -2.26. The molecule has 1 nitrogen and oxygen atoms in total. The number of unbranched alkanes of at least 4 members (excludes halogenated alkanes) is 3. The molecule has 4 rings (SSSR count). The summed E-state index contributed by atoms with van der Waals surface area (Å²) in [5.41, 5.74) is 7.50. The highest BCUT2D eigenvalue weighted by atomic mass is 16.2. The second-order valence-corrected chi connectivity index (χ2v) is 6.76. The average molecular weight is 304 g/mol. The van der Waals surface area contributed by atoms with E-state index in [4.69, 9.17) is 5.11 Å². The SMILES string of the molecule is OCCCCCCC1=CCC2=CCc3cccc4ccc1c2c34. The molecule has 2 aromatic rings. The molecule has 0 unspecified atom stereocenters. The molecule has 0 amide bonds. The van der Waals surface area contributed by atoms with Gasteiger partial charge in [-0.1, -0.05) is 55.3 Å². The summed E-state index contributed by atoms with van der Waals surface area (Å²) in [5.74, 6) is 0. The Morgan fingerprint density at radius 2 is 1.78 bits per heavy atom. The smallest absolute Gasteiger partial charge is 0.0431 e. The Kier molecular flexibility index (Phi) is 4.05. The minimum atomic E-state index is 0.328. The van der Waals surface area contributed by atoms with Crippen LogP contribution in [0.25, 0.3) is 21.9 Å². The van der Waals surface area contributed by atoms with Crippen LogP contribution in [0, 0.1) is 0 Å². The standard InChI is InChI=1S/C22H24O/c23-15-4-2-1-3-6-16-9-10-19-12-11-17-7-5-8-18-13-14-20(16)22(19)21(17)18/h5,7-9,12-14,23H,1-4,6,10-11,15H2. The summed E-state index contributed by atoms with van der Waals surface area (Å²) in [5, 5.41) is 11.8. The number of aliphatic hydroxyl groups is 1. The van der Waals surface area contributed by atoms with E-state index in [2.05, 4.69) is 42.5 Å². The minimum absolute atomic E-state index is 0.328. The summed E-state index contributed by atoms with van der Waals surface area (Å²) < 4.78 is 0. The van der Waals surface area contributed by atoms with Gasteiger partial charge in [-0.05, 0) is 70.7 Å². The minimum Gasteiger partial charge on any atom is -0.396 e. The van der Waals surface area contributed by atoms with Crippen molar-refractivity contribution in [2.24, 2.45) is 0 Å². The van der Waals surface area contributed by atoms with E-state index in [0.29, 0.717) is 6.61 Å². The normalized spacial score (nSPS) is 15.5. The Bertz CT molecular complexity index is 795. The van der Waals surface area contributed by atoms with Crippen molar-refractivity contribution in [2.45, 2.75) is 44.9 Å². The first-order chi connectivity index (χ1) is 11.4. The molecule has 0 bridgehead atoms. The third kappa shape index (κ3) is 2.64. The van der Waals surface area contributed by atoms with E-state index in [1.807, 2.05) is 0 Å². The molecular weight excluding hydrogens is 280 g/mol. The summed E-state index contributed by atoms with van der Waals surface area (Å²) in [7, 11) is 0. The molecule has 0 fully saturated rings. The van der Waals surface area contributed by atoms with Crippen LogP contribution in [0.3, 0.4) is 0 Å². The number of benzene rings is 2. The average Bonchev–Trinajstić information content (AvgIpc) is 2.60. The molecule has 0 heterocycles. The second kappa shape index (κ2) is 6.33. The van der Waals surface area contributed by atoms with Crippen LogP contribution in [0.1, 0.15) is 55.2 Å². The molecule has 0 spiro atoms. The zero-order valence-electron chi connectivity index (χ0n) is 13.6. The molecule has 2 aliphatic carbocycles. The van der Waals surface area contributed by atoms with Gasteiger partial charge in [0, 0.05) is 6.61 Å². The number of aliphatic hydroxyl groups excluding tert-OH is 1. The lowest BCUT2D eigenvalue weighted by molar-refractivity contribution is 0.282. The Balaban J connectivity index is 1.66. The van der Waals surface area contributed by atoms with Crippen LogP contribution in [-0.2, 0) is 6.42 Å². The molecule has 0 aromatic heterocycles. The molecule has 23 heavy (non-hydrogen) atoms. The first-order valence-corrected chi connectivity index (χ1v) is 8.93. The van der Waals surface area contributed by atoms with E-state index >= 15 is 0 Å². The maximum absolute atomic E-state index is 8.89. The van der Waals surface area contributed by atoms with Gasteiger partial charge in [-0.15, -0.1) is 0 Å². The van der Waals surface area contributed by atoms with Crippen molar-refractivity contribution in [3.8, 4) is 0 Å². The predicted octanol–water partition coefficient (Wildman–Crippen LogP) is 5.51. The van der Waals surface area contributed by atoms with E-state index in [1.165, 1.54) is 57.9 Å². The van der Waals surface area contributed by atoms with Gasteiger partial charge >= 0.3 is 0 Å². The van der Waals surface area contributed by atoms with Crippen molar-refractivity contribution in [2.75, 3.05) is 6.61 Å². The Hall–Kier alpha value is -1.86. The van der Waals surface area contributed by atoms with Gasteiger partial charge in [-0.3, -0.25) is 0 Å². The van der Waals surface area contributed by atoms with Gasteiger partial charge < -0.3 is 5.11 Å². The van der Waals surface area contributed by atoms with Gasteiger partial charge in [0.2, 0.25) is 0 Å². The molecular formula is C22H24O. The lowest BCUT2D eigenvalue weighted by Crippen LogP contribution is -2.06. The van der Waals surface area contributed by atoms with Crippen LogP contribution < -0.4 is 0 Å². The number of hydrogen-bond donors (Lipinski definition) is 1. The molecule has 0 saturated carbocycles. The van der Waals surface area contributed by atoms with Crippen molar-refractivity contribution in [3.05, 3.63) is 59.2 Å². The van der Waals surface area contributed by atoms with Gasteiger partial charge in [0.25, 0.3) is 0 Å². The summed E-state index contributed by atoms with van der Waals surface area (Å²) in [4.78, 5) is 0. The zero-order valence-corrected chi connectivity index (χ0v) is 13.6. The molecule has 2 aliphatic rings. The monoisotopic (exact) mass is 304 g/mol. The summed E-state index contributed by atoms with van der Waals surface area (Å²) in [6.45, 7) is 0.328. The molecule has 1 heteroatoms. The first kappa shape index (κ1) is 14.7. The number of rotatable bonds is 6. The van der Waals surface area contributed by atoms with Gasteiger partial charge in [0.15, 0.2) is 0 Å². The number of allylic oxidation sites excluding steroid dienone is 4. The molecule has 0 saturated heterocycles. The van der Waals surface area contributed by atoms with Crippen LogP contribution in [0.2, 0.25) is 0 Å². The fourth-order valence-corrected chi connectivity index (χ4v) is 4.11. The summed E-state index contributed by atoms with van der Waals surface area (Å²) >= 11 is 0. The third-order valence-electron chi connectivity index (χ3n) is 5.29. The molecule has 0 aliphatic heterocycles. The Morgan fingerprint density at radius 1 is 0.870 bits per heavy atom. The number of hydrogen-bond acceptors (Lipinski definition) is 1. The topological polar surface area (TPSA) is 20.2 Å². The largest absolute Gasteiger partial charge is 0.396 e. The van der Waals surface area contributed by atoms with Crippen LogP contribution >= 0.6 is 0 Å². The van der Waals surface area contributed by atoms with Gasteiger partial charge in [-0.2, -0.15) is 0 Å². The predicted molar refractivity (Wildman–Crippen MR) is 98.4 cm³/mol.